The van der Waals surface area contributed by atoms with Crippen LogP contribution in [0, 0.1) is 0 Å². The van der Waals surface area contributed by atoms with Crippen LogP contribution in [0.3, 0.4) is 0 Å². The van der Waals surface area contributed by atoms with Crippen LogP contribution in [-0.2, 0) is 6.42 Å². The molecule has 140 valence electrons. The lowest BCUT2D eigenvalue weighted by molar-refractivity contribution is 0.219. The Morgan fingerprint density at radius 3 is 2.58 bits per heavy atom. The molecule has 2 rings (SSSR count). The summed E-state index contributed by atoms with van der Waals surface area (Å²) in [6, 6.07) is 13.6. The molecule has 0 spiro atoms. The van der Waals surface area contributed by atoms with Crippen molar-refractivity contribution in [3.05, 3.63) is 54.4 Å². The van der Waals surface area contributed by atoms with Gasteiger partial charge in [-0.3, -0.25) is 4.98 Å². The van der Waals surface area contributed by atoms with E-state index in [0.717, 1.165) is 42.7 Å². The SMILES string of the molecule is CCNC(=NCC(C)Oc1ccccc1OC)NCCc1ccccn1. The third-order valence-electron chi connectivity index (χ3n) is 3.65. The summed E-state index contributed by atoms with van der Waals surface area (Å²) >= 11 is 0. The van der Waals surface area contributed by atoms with Crippen LogP contribution >= 0.6 is 0 Å². The van der Waals surface area contributed by atoms with Crippen molar-refractivity contribution < 1.29 is 9.47 Å². The van der Waals surface area contributed by atoms with Crippen molar-refractivity contribution in [1.29, 1.82) is 0 Å². The molecule has 6 heteroatoms. The van der Waals surface area contributed by atoms with Gasteiger partial charge in [0.1, 0.15) is 6.10 Å². The number of rotatable bonds is 9. The van der Waals surface area contributed by atoms with E-state index in [1.807, 2.05) is 62.5 Å². The Hall–Kier alpha value is -2.76. The van der Waals surface area contributed by atoms with Gasteiger partial charge in [-0.2, -0.15) is 0 Å². The maximum atomic E-state index is 5.94. The Balaban J connectivity index is 1.84. The first-order valence-corrected chi connectivity index (χ1v) is 8.94. The number of nitrogens with zero attached hydrogens (tertiary/aromatic N) is 2. The molecule has 1 unspecified atom stereocenters. The average molecular weight is 356 g/mol. The highest BCUT2D eigenvalue weighted by molar-refractivity contribution is 5.79. The minimum Gasteiger partial charge on any atom is -0.493 e. The van der Waals surface area contributed by atoms with E-state index in [9.17, 15) is 0 Å². The van der Waals surface area contributed by atoms with Crippen LogP contribution in [0.25, 0.3) is 0 Å². The fourth-order valence-electron chi connectivity index (χ4n) is 2.39. The number of hydrogen-bond donors (Lipinski definition) is 2. The maximum absolute atomic E-state index is 5.94. The Morgan fingerprint density at radius 2 is 1.88 bits per heavy atom. The molecule has 1 atom stereocenters. The van der Waals surface area contributed by atoms with Crippen LogP contribution in [0.2, 0.25) is 0 Å². The third-order valence-corrected chi connectivity index (χ3v) is 3.65. The van der Waals surface area contributed by atoms with Crippen molar-refractivity contribution >= 4 is 5.96 Å². The van der Waals surface area contributed by atoms with Crippen LogP contribution in [0.5, 0.6) is 11.5 Å². The summed E-state index contributed by atoms with van der Waals surface area (Å²) in [7, 11) is 1.64. The third kappa shape index (κ3) is 6.63. The van der Waals surface area contributed by atoms with Crippen LogP contribution in [0.15, 0.2) is 53.7 Å². The molecule has 1 aromatic heterocycles. The smallest absolute Gasteiger partial charge is 0.191 e. The van der Waals surface area contributed by atoms with Gasteiger partial charge in [-0.25, -0.2) is 4.99 Å². The summed E-state index contributed by atoms with van der Waals surface area (Å²) in [5, 5.41) is 6.58. The van der Waals surface area contributed by atoms with Gasteiger partial charge in [-0.1, -0.05) is 18.2 Å². The molecule has 0 saturated heterocycles. The van der Waals surface area contributed by atoms with Crippen molar-refractivity contribution in [3.8, 4) is 11.5 Å². The fourth-order valence-corrected chi connectivity index (χ4v) is 2.39. The summed E-state index contributed by atoms with van der Waals surface area (Å²) in [6.45, 7) is 6.15. The second-order valence-electron chi connectivity index (χ2n) is 5.80. The molecule has 0 aliphatic carbocycles. The molecule has 0 saturated carbocycles. The van der Waals surface area contributed by atoms with E-state index in [-0.39, 0.29) is 6.10 Å². The first-order valence-electron chi connectivity index (χ1n) is 8.94. The Labute approximate surface area is 155 Å². The molecule has 0 bridgehead atoms. The van der Waals surface area contributed by atoms with Crippen LogP contribution in [0.1, 0.15) is 19.5 Å². The van der Waals surface area contributed by atoms with Crippen molar-refractivity contribution in [2.24, 2.45) is 4.99 Å². The van der Waals surface area contributed by atoms with Gasteiger partial charge >= 0.3 is 0 Å². The van der Waals surface area contributed by atoms with E-state index in [2.05, 4.69) is 20.6 Å². The minimum atomic E-state index is -0.0717. The number of methoxy groups -OCH3 is 1. The number of hydrogen-bond acceptors (Lipinski definition) is 4. The summed E-state index contributed by atoms with van der Waals surface area (Å²) < 4.78 is 11.3. The van der Waals surface area contributed by atoms with E-state index < -0.39 is 0 Å². The Morgan fingerprint density at radius 1 is 1.12 bits per heavy atom. The zero-order valence-electron chi connectivity index (χ0n) is 15.7. The number of pyridine rings is 1. The second-order valence-corrected chi connectivity index (χ2v) is 5.80. The zero-order chi connectivity index (χ0) is 18.6. The lowest BCUT2D eigenvalue weighted by atomic mass is 10.3. The summed E-state index contributed by atoms with van der Waals surface area (Å²) in [5.74, 6) is 2.23. The molecule has 2 aromatic rings. The molecular weight excluding hydrogens is 328 g/mol. The molecule has 0 aliphatic rings. The highest BCUT2D eigenvalue weighted by Gasteiger charge is 2.08. The van der Waals surface area contributed by atoms with Gasteiger partial charge in [0, 0.05) is 31.4 Å². The molecule has 1 heterocycles. The van der Waals surface area contributed by atoms with E-state index in [4.69, 9.17) is 9.47 Å². The van der Waals surface area contributed by atoms with Gasteiger partial charge in [0.15, 0.2) is 17.5 Å². The van der Waals surface area contributed by atoms with Crippen molar-refractivity contribution in [2.45, 2.75) is 26.4 Å². The monoisotopic (exact) mass is 356 g/mol. The minimum absolute atomic E-state index is 0.0717. The van der Waals surface area contributed by atoms with Gasteiger partial charge in [0.2, 0.25) is 0 Å². The highest BCUT2D eigenvalue weighted by Crippen LogP contribution is 2.26. The Bertz CT molecular complexity index is 677. The number of guanidine groups is 1. The first-order chi connectivity index (χ1) is 12.7. The predicted octanol–water partition coefficient (Wildman–Crippen LogP) is 2.66. The van der Waals surface area contributed by atoms with Crippen LogP contribution < -0.4 is 20.1 Å². The number of ether oxygens (including phenoxy) is 2. The largest absolute Gasteiger partial charge is 0.493 e. The van der Waals surface area contributed by atoms with Crippen LogP contribution in [0.4, 0.5) is 0 Å². The van der Waals surface area contributed by atoms with E-state index >= 15 is 0 Å². The van der Waals surface area contributed by atoms with Gasteiger partial charge in [0.05, 0.1) is 13.7 Å². The molecular formula is C20H28N4O2. The highest BCUT2D eigenvalue weighted by atomic mass is 16.5. The van der Waals surface area contributed by atoms with Gasteiger partial charge in [0.25, 0.3) is 0 Å². The number of benzene rings is 1. The summed E-state index contributed by atoms with van der Waals surface area (Å²) in [6.07, 6.45) is 2.59. The number of aromatic nitrogens is 1. The van der Waals surface area contributed by atoms with E-state index in [1.54, 1.807) is 7.11 Å². The van der Waals surface area contributed by atoms with Crippen molar-refractivity contribution in [2.75, 3.05) is 26.7 Å². The lowest BCUT2D eigenvalue weighted by Gasteiger charge is -2.16. The maximum Gasteiger partial charge on any atom is 0.191 e. The molecule has 2 N–H and O–H groups in total. The Kier molecular flexibility index (Phi) is 8.26. The van der Waals surface area contributed by atoms with Crippen molar-refractivity contribution in [3.63, 3.8) is 0 Å². The second kappa shape index (κ2) is 11.0. The lowest BCUT2D eigenvalue weighted by Crippen LogP contribution is -2.39. The molecule has 0 fully saturated rings. The van der Waals surface area contributed by atoms with Crippen LogP contribution in [-0.4, -0.2) is 43.8 Å². The predicted molar refractivity (Wildman–Crippen MR) is 105 cm³/mol. The molecule has 0 radical (unpaired) electrons. The van der Waals surface area contributed by atoms with Gasteiger partial charge in [-0.15, -0.1) is 0 Å². The van der Waals surface area contributed by atoms with Gasteiger partial charge < -0.3 is 20.1 Å². The normalized spacial score (nSPS) is 12.3. The van der Waals surface area contributed by atoms with Crippen molar-refractivity contribution in [1.82, 2.24) is 15.6 Å². The first kappa shape index (κ1) is 19.6. The summed E-state index contributed by atoms with van der Waals surface area (Å²) in [4.78, 5) is 8.93. The molecule has 26 heavy (non-hydrogen) atoms. The molecule has 6 nitrogen and oxygen atoms in total. The van der Waals surface area contributed by atoms with Gasteiger partial charge in [-0.05, 0) is 38.1 Å². The molecule has 0 amide bonds. The number of nitrogens with one attached hydrogen (secondary N) is 2. The molecule has 1 aromatic carbocycles. The number of aliphatic imine (C=N–C) groups is 1. The fraction of sp³-hybridized carbons (Fsp3) is 0.400. The molecule has 0 aliphatic heterocycles. The van der Waals surface area contributed by atoms with E-state index in [1.165, 1.54) is 0 Å². The standard InChI is InChI=1S/C20H28N4O2/c1-4-21-20(23-14-12-17-9-7-8-13-22-17)24-15-16(2)26-19-11-6-5-10-18(19)25-3/h5-11,13,16H,4,12,14-15H2,1-3H3,(H2,21,23,24). The average Bonchev–Trinajstić information content (AvgIpc) is 2.67. The summed E-state index contributed by atoms with van der Waals surface area (Å²) in [5.41, 5.74) is 1.06. The quantitative estimate of drug-likeness (QED) is 0.534. The van der Waals surface area contributed by atoms with E-state index in [0.29, 0.717) is 6.54 Å². The zero-order valence-corrected chi connectivity index (χ0v) is 15.7. The topological polar surface area (TPSA) is 67.8 Å². The number of para-hydroxylation sites is 2.